The Morgan fingerprint density at radius 1 is 1.31 bits per heavy atom. The Morgan fingerprint density at radius 3 is 2.84 bits per heavy atom. The van der Waals surface area contributed by atoms with Crippen molar-refractivity contribution in [3.63, 3.8) is 0 Å². The second-order valence-corrected chi connectivity index (χ2v) is 8.62. The molecule has 1 fully saturated rings. The number of amides is 1. The predicted octanol–water partition coefficient (Wildman–Crippen LogP) is 2.91. The summed E-state index contributed by atoms with van der Waals surface area (Å²) in [6.45, 7) is 9.26. The van der Waals surface area contributed by atoms with Crippen LogP contribution in [0, 0.1) is 6.92 Å². The van der Waals surface area contributed by atoms with Crippen molar-refractivity contribution in [3.05, 3.63) is 71.1 Å². The Bertz CT molecular complexity index is 1080. The highest BCUT2D eigenvalue weighted by atomic mass is 16.5. The van der Waals surface area contributed by atoms with Crippen LogP contribution in [0.2, 0.25) is 0 Å². The van der Waals surface area contributed by atoms with Crippen molar-refractivity contribution in [2.24, 2.45) is 5.73 Å². The van der Waals surface area contributed by atoms with Gasteiger partial charge in [0.15, 0.2) is 0 Å². The van der Waals surface area contributed by atoms with E-state index in [9.17, 15) is 4.79 Å². The molecule has 1 aliphatic heterocycles. The summed E-state index contributed by atoms with van der Waals surface area (Å²) in [5.74, 6) is 1.45. The minimum atomic E-state index is -0.488. The molecule has 0 spiro atoms. The summed E-state index contributed by atoms with van der Waals surface area (Å²) in [7, 11) is 0. The van der Waals surface area contributed by atoms with Gasteiger partial charge in [-0.3, -0.25) is 14.4 Å². The van der Waals surface area contributed by atoms with Crippen molar-refractivity contribution in [1.82, 2.24) is 24.6 Å². The van der Waals surface area contributed by atoms with Crippen LogP contribution in [0.3, 0.4) is 0 Å². The van der Waals surface area contributed by atoms with E-state index >= 15 is 0 Å². The molecular weight excluding hydrogens is 404 g/mol. The van der Waals surface area contributed by atoms with Crippen LogP contribution in [-0.2, 0) is 13.1 Å². The van der Waals surface area contributed by atoms with E-state index in [-0.39, 0.29) is 12.0 Å². The van der Waals surface area contributed by atoms with E-state index in [1.807, 2.05) is 30.8 Å². The first-order valence-electron chi connectivity index (χ1n) is 11.0. The fourth-order valence-electron chi connectivity index (χ4n) is 4.16. The lowest BCUT2D eigenvalue weighted by Crippen LogP contribution is -2.21. The van der Waals surface area contributed by atoms with Gasteiger partial charge in [-0.2, -0.15) is 5.10 Å². The highest BCUT2D eigenvalue weighted by molar-refractivity contribution is 5.93. The number of hydrogen-bond donors (Lipinski definition) is 1. The number of aryl methyl sites for hydroxylation is 1. The van der Waals surface area contributed by atoms with E-state index in [0.29, 0.717) is 17.8 Å². The minimum absolute atomic E-state index is 0.112. The molecule has 32 heavy (non-hydrogen) atoms. The van der Waals surface area contributed by atoms with Gasteiger partial charge in [-0.1, -0.05) is 6.07 Å². The number of aromatic nitrogens is 4. The third-order valence-electron chi connectivity index (χ3n) is 5.69. The molecule has 0 radical (unpaired) electrons. The van der Waals surface area contributed by atoms with Crippen molar-refractivity contribution in [2.45, 2.75) is 52.3 Å². The lowest BCUT2D eigenvalue weighted by atomic mass is 10.1. The van der Waals surface area contributed by atoms with Crippen molar-refractivity contribution in [1.29, 1.82) is 0 Å². The average molecular weight is 435 g/mol. The normalized spacial score (nSPS) is 16.6. The molecule has 2 N–H and O–H groups in total. The maximum atomic E-state index is 11.4. The van der Waals surface area contributed by atoms with E-state index in [2.05, 4.69) is 38.2 Å². The van der Waals surface area contributed by atoms with E-state index in [1.54, 1.807) is 19.3 Å². The maximum Gasteiger partial charge on any atom is 0.252 e. The zero-order valence-corrected chi connectivity index (χ0v) is 18.9. The van der Waals surface area contributed by atoms with Gasteiger partial charge in [0.25, 0.3) is 5.91 Å². The van der Waals surface area contributed by atoms with Gasteiger partial charge in [-0.05, 0) is 57.5 Å². The Hall–Kier alpha value is -3.26. The zero-order valence-electron chi connectivity index (χ0n) is 18.9. The third-order valence-corrected chi connectivity index (χ3v) is 5.69. The average Bonchev–Trinajstić information content (AvgIpc) is 3.41. The molecule has 1 aliphatic rings. The summed E-state index contributed by atoms with van der Waals surface area (Å²) in [4.78, 5) is 22.8. The Kier molecular flexibility index (Phi) is 6.50. The highest BCUT2D eigenvalue weighted by Crippen LogP contribution is 2.28. The number of nitrogens with zero attached hydrogens (tertiary/aromatic N) is 5. The van der Waals surface area contributed by atoms with E-state index in [0.717, 1.165) is 43.2 Å². The summed E-state index contributed by atoms with van der Waals surface area (Å²) in [6, 6.07) is 8.35. The number of ether oxygens (including phenoxy) is 1. The molecule has 1 amide bonds. The smallest absolute Gasteiger partial charge is 0.252 e. The van der Waals surface area contributed by atoms with Gasteiger partial charge in [0.05, 0.1) is 23.9 Å². The molecule has 168 valence electrons. The standard InChI is InChI=1S/C24H30N6O2/c1-16(2)32-22-6-5-18(11-20(22)15-30-9-4-8-27-30)13-29-10-7-19(14-29)24-26-12-21(23(25)31)17(3)28-24/h4-6,8-9,11-12,16,19H,7,10,13-15H2,1-3H3,(H2,25,31)/t19-/m0/s1. The highest BCUT2D eigenvalue weighted by Gasteiger charge is 2.27. The van der Waals surface area contributed by atoms with Crippen molar-refractivity contribution >= 4 is 5.91 Å². The summed E-state index contributed by atoms with van der Waals surface area (Å²) >= 11 is 0. The van der Waals surface area contributed by atoms with Crippen LogP contribution in [-0.4, -0.2) is 49.7 Å². The van der Waals surface area contributed by atoms with Gasteiger partial charge in [0, 0.05) is 43.2 Å². The fourth-order valence-corrected chi connectivity index (χ4v) is 4.16. The van der Waals surface area contributed by atoms with Gasteiger partial charge in [-0.15, -0.1) is 0 Å². The molecule has 3 heterocycles. The first-order valence-corrected chi connectivity index (χ1v) is 11.0. The molecular formula is C24H30N6O2. The van der Waals surface area contributed by atoms with Crippen LogP contribution < -0.4 is 10.5 Å². The van der Waals surface area contributed by atoms with Crippen LogP contribution in [0.15, 0.2) is 42.9 Å². The summed E-state index contributed by atoms with van der Waals surface area (Å²) in [5.41, 5.74) is 8.77. The predicted molar refractivity (Wildman–Crippen MR) is 121 cm³/mol. The molecule has 4 rings (SSSR count). The maximum absolute atomic E-state index is 11.4. The largest absolute Gasteiger partial charge is 0.491 e. The second kappa shape index (κ2) is 9.48. The molecule has 3 aromatic rings. The van der Waals surface area contributed by atoms with Crippen LogP contribution in [0.25, 0.3) is 0 Å². The first kappa shape index (κ1) is 22.0. The Labute approximate surface area is 188 Å². The molecule has 8 nitrogen and oxygen atoms in total. The van der Waals surface area contributed by atoms with E-state index in [4.69, 9.17) is 10.5 Å². The SMILES string of the molecule is Cc1nc([C@H]2CCN(Cc3ccc(OC(C)C)c(Cn4cccn4)c3)C2)ncc1C(N)=O. The van der Waals surface area contributed by atoms with Crippen molar-refractivity contribution < 1.29 is 9.53 Å². The number of carbonyl (C=O) groups excluding carboxylic acids is 1. The molecule has 0 saturated carbocycles. The number of nitrogens with two attached hydrogens (primary N) is 1. The van der Waals surface area contributed by atoms with Gasteiger partial charge in [-0.25, -0.2) is 9.97 Å². The molecule has 0 aliphatic carbocycles. The van der Waals surface area contributed by atoms with Crippen LogP contribution in [0.1, 0.15) is 59.2 Å². The first-order chi connectivity index (χ1) is 15.4. The number of primary amides is 1. The van der Waals surface area contributed by atoms with Crippen molar-refractivity contribution in [3.8, 4) is 5.75 Å². The van der Waals surface area contributed by atoms with Gasteiger partial charge < -0.3 is 10.5 Å². The molecule has 0 bridgehead atoms. The van der Waals surface area contributed by atoms with Gasteiger partial charge >= 0.3 is 0 Å². The summed E-state index contributed by atoms with van der Waals surface area (Å²) in [5, 5.41) is 4.34. The molecule has 1 aromatic carbocycles. The number of benzene rings is 1. The second-order valence-electron chi connectivity index (χ2n) is 8.62. The molecule has 2 aromatic heterocycles. The van der Waals surface area contributed by atoms with Crippen LogP contribution in [0.4, 0.5) is 0 Å². The van der Waals surface area contributed by atoms with Crippen LogP contribution in [0.5, 0.6) is 5.75 Å². The molecule has 0 unspecified atom stereocenters. The summed E-state index contributed by atoms with van der Waals surface area (Å²) < 4.78 is 7.94. The number of likely N-dealkylation sites (tertiary alicyclic amines) is 1. The van der Waals surface area contributed by atoms with E-state index < -0.39 is 5.91 Å². The lowest BCUT2D eigenvalue weighted by Gasteiger charge is -2.19. The van der Waals surface area contributed by atoms with E-state index in [1.165, 1.54) is 5.56 Å². The van der Waals surface area contributed by atoms with Gasteiger partial charge in [0.1, 0.15) is 11.6 Å². The minimum Gasteiger partial charge on any atom is -0.491 e. The summed E-state index contributed by atoms with van der Waals surface area (Å²) in [6.07, 6.45) is 6.40. The number of rotatable bonds is 8. The Balaban J connectivity index is 1.46. The lowest BCUT2D eigenvalue weighted by molar-refractivity contribution is 0.0999. The monoisotopic (exact) mass is 434 g/mol. The third kappa shape index (κ3) is 5.13. The Morgan fingerprint density at radius 2 is 2.16 bits per heavy atom. The quantitative estimate of drug-likeness (QED) is 0.585. The fraction of sp³-hybridized carbons (Fsp3) is 0.417. The van der Waals surface area contributed by atoms with Crippen molar-refractivity contribution in [2.75, 3.05) is 13.1 Å². The van der Waals surface area contributed by atoms with Crippen LogP contribution >= 0.6 is 0 Å². The molecule has 1 atom stereocenters. The zero-order chi connectivity index (χ0) is 22.7. The number of carbonyl (C=O) groups is 1. The molecule has 1 saturated heterocycles. The number of hydrogen-bond acceptors (Lipinski definition) is 6. The molecule has 8 heteroatoms. The van der Waals surface area contributed by atoms with Gasteiger partial charge in [0.2, 0.25) is 0 Å². The topological polar surface area (TPSA) is 99.2 Å².